The summed E-state index contributed by atoms with van der Waals surface area (Å²) >= 11 is 0. The fourth-order valence-electron chi connectivity index (χ4n) is 2.70. The zero-order valence-electron chi connectivity index (χ0n) is 13.4. The van der Waals surface area contributed by atoms with Gasteiger partial charge in [-0.1, -0.05) is 12.1 Å². The smallest absolute Gasteiger partial charge is 0.411 e. The van der Waals surface area contributed by atoms with Crippen molar-refractivity contribution in [2.45, 2.75) is 44.8 Å². The molecule has 1 N–H and O–H groups in total. The lowest BCUT2D eigenvalue weighted by atomic mass is 9.95. The van der Waals surface area contributed by atoms with E-state index in [1.54, 1.807) is 39.0 Å². The van der Waals surface area contributed by atoms with Crippen LogP contribution in [0.2, 0.25) is 0 Å². The first-order valence-corrected chi connectivity index (χ1v) is 7.44. The van der Waals surface area contributed by atoms with Crippen molar-refractivity contribution in [3.8, 4) is 6.07 Å². The molecule has 0 saturated carbocycles. The van der Waals surface area contributed by atoms with E-state index in [2.05, 4.69) is 6.07 Å². The number of carbonyl (C=O) groups excluding carboxylic acids is 1. The van der Waals surface area contributed by atoms with Gasteiger partial charge in [0, 0.05) is 12.5 Å². The number of carboxylic acid groups (broad SMARTS) is 1. The van der Waals surface area contributed by atoms with E-state index >= 15 is 0 Å². The average molecular weight is 316 g/mol. The molecule has 0 aliphatic carbocycles. The summed E-state index contributed by atoms with van der Waals surface area (Å²) in [6, 6.07) is 8.20. The topological polar surface area (TPSA) is 90.6 Å². The molecule has 1 aromatic carbocycles. The molecule has 2 rings (SSSR count). The second-order valence-corrected chi connectivity index (χ2v) is 6.66. The van der Waals surface area contributed by atoms with Crippen LogP contribution < -0.4 is 0 Å². The van der Waals surface area contributed by atoms with E-state index in [-0.39, 0.29) is 12.5 Å². The summed E-state index contributed by atoms with van der Waals surface area (Å²) in [5.41, 5.74) is 0.699. The average Bonchev–Trinajstić information content (AvgIpc) is 2.91. The predicted molar refractivity (Wildman–Crippen MR) is 82.9 cm³/mol. The first kappa shape index (κ1) is 16.8. The number of rotatable bonds is 2. The Morgan fingerprint density at radius 1 is 1.39 bits per heavy atom. The van der Waals surface area contributed by atoms with Crippen molar-refractivity contribution in [1.29, 1.82) is 5.26 Å². The summed E-state index contributed by atoms with van der Waals surface area (Å²) in [6.45, 7) is 5.49. The Kier molecular flexibility index (Phi) is 4.60. The molecule has 0 aromatic heterocycles. The lowest BCUT2D eigenvalue weighted by molar-refractivity contribution is -0.142. The van der Waals surface area contributed by atoms with E-state index in [4.69, 9.17) is 10.00 Å². The van der Waals surface area contributed by atoms with Crippen LogP contribution in [-0.2, 0) is 9.53 Å². The van der Waals surface area contributed by atoms with Crippen molar-refractivity contribution in [1.82, 2.24) is 4.90 Å². The monoisotopic (exact) mass is 316 g/mol. The van der Waals surface area contributed by atoms with Crippen LogP contribution in [0.4, 0.5) is 4.79 Å². The summed E-state index contributed by atoms with van der Waals surface area (Å²) < 4.78 is 5.30. The first-order chi connectivity index (χ1) is 10.7. The fourth-order valence-corrected chi connectivity index (χ4v) is 2.70. The standard InChI is InChI=1S/C17H20N2O4/c1-17(2,3)23-16(22)19-10-13(8-14(19)15(20)21)12-6-4-5-11(7-12)9-18/h4-7,13-14H,8,10H2,1-3H3,(H,20,21). The molecule has 1 aliphatic heterocycles. The van der Waals surface area contributed by atoms with Crippen LogP contribution in [0.25, 0.3) is 0 Å². The minimum Gasteiger partial charge on any atom is -0.480 e. The van der Waals surface area contributed by atoms with Crippen LogP contribution in [0.3, 0.4) is 0 Å². The molecule has 1 saturated heterocycles. The third-order valence-electron chi connectivity index (χ3n) is 3.70. The number of benzene rings is 1. The van der Waals surface area contributed by atoms with Crippen LogP contribution in [0.15, 0.2) is 24.3 Å². The normalized spacial score (nSPS) is 20.9. The zero-order valence-corrected chi connectivity index (χ0v) is 13.4. The molecule has 1 aromatic rings. The fraction of sp³-hybridized carbons (Fsp3) is 0.471. The Bertz CT molecular complexity index is 657. The molecule has 2 atom stereocenters. The maximum Gasteiger partial charge on any atom is 0.411 e. The molecule has 0 bridgehead atoms. The van der Waals surface area contributed by atoms with E-state index in [0.29, 0.717) is 12.0 Å². The Morgan fingerprint density at radius 3 is 2.65 bits per heavy atom. The first-order valence-electron chi connectivity index (χ1n) is 7.44. The van der Waals surface area contributed by atoms with Crippen molar-refractivity contribution in [2.24, 2.45) is 0 Å². The molecule has 1 heterocycles. The second kappa shape index (κ2) is 6.29. The summed E-state index contributed by atoms with van der Waals surface area (Å²) in [6.07, 6.45) is -0.312. The van der Waals surface area contributed by atoms with Crippen LogP contribution in [0.1, 0.15) is 44.2 Å². The number of amides is 1. The van der Waals surface area contributed by atoms with Gasteiger partial charge in [-0.05, 0) is 44.9 Å². The lowest BCUT2D eigenvalue weighted by Gasteiger charge is -2.26. The van der Waals surface area contributed by atoms with Gasteiger partial charge in [-0.2, -0.15) is 5.26 Å². The summed E-state index contributed by atoms with van der Waals surface area (Å²) in [4.78, 5) is 25.0. The van der Waals surface area contributed by atoms with Gasteiger partial charge in [-0.25, -0.2) is 9.59 Å². The Labute approximate surface area is 135 Å². The summed E-state index contributed by atoms with van der Waals surface area (Å²) in [7, 11) is 0. The van der Waals surface area contributed by atoms with Gasteiger partial charge in [0.1, 0.15) is 11.6 Å². The SMILES string of the molecule is CC(C)(C)OC(=O)N1CC(c2cccc(C#N)c2)CC1C(=O)O. The molecular formula is C17H20N2O4. The van der Waals surface area contributed by atoms with E-state index < -0.39 is 23.7 Å². The molecule has 1 aliphatic rings. The molecular weight excluding hydrogens is 296 g/mol. The van der Waals surface area contributed by atoms with Crippen molar-refractivity contribution in [2.75, 3.05) is 6.54 Å². The largest absolute Gasteiger partial charge is 0.480 e. The van der Waals surface area contributed by atoms with Gasteiger partial charge in [-0.15, -0.1) is 0 Å². The number of hydrogen-bond donors (Lipinski definition) is 1. The molecule has 122 valence electrons. The van der Waals surface area contributed by atoms with Gasteiger partial charge < -0.3 is 9.84 Å². The highest BCUT2D eigenvalue weighted by atomic mass is 16.6. The van der Waals surface area contributed by atoms with Crippen LogP contribution in [0, 0.1) is 11.3 Å². The second-order valence-electron chi connectivity index (χ2n) is 6.66. The van der Waals surface area contributed by atoms with Gasteiger partial charge >= 0.3 is 12.1 Å². The molecule has 23 heavy (non-hydrogen) atoms. The highest BCUT2D eigenvalue weighted by Gasteiger charge is 2.42. The molecule has 0 spiro atoms. The number of nitriles is 1. The van der Waals surface area contributed by atoms with Gasteiger partial charge in [0.25, 0.3) is 0 Å². The summed E-state index contributed by atoms with van der Waals surface area (Å²) in [5.74, 6) is -1.17. The van der Waals surface area contributed by atoms with Crippen LogP contribution >= 0.6 is 0 Å². The third kappa shape index (κ3) is 4.01. The van der Waals surface area contributed by atoms with Gasteiger partial charge in [0.05, 0.1) is 11.6 Å². The van der Waals surface area contributed by atoms with Gasteiger partial charge in [0.15, 0.2) is 0 Å². The van der Waals surface area contributed by atoms with Crippen molar-refractivity contribution < 1.29 is 19.4 Å². The highest BCUT2D eigenvalue weighted by molar-refractivity contribution is 5.81. The Hall–Kier alpha value is -2.55. The maximum absolute atomic E-state index is 12.3. The Morgan fingerprint density at radius 2 is 2.09 bits per heavy atom. The minimum atomic E-state index is -1.05. The molecule has 2 unspecified atom stereocenters. The molecule has 6 heteroatoms. The van der Waals surface area contributed by atoms with Crippen molar-refractivity contribution in [3.63, 3.8) is 0 Å². The number of nitrogens with zero attached hydrogens (tertiary/aromatic N) is 2. The number of carboxylic acids is 1. The van der Waals surface area contributed by atoms with E-state index in [0.717, 1.165) is 5.56 Å². The molecule has 6 nitrogen and oxygen atoms in total. The Balaban J connectivity index is 2.22. The number of carbonyl (C=O) groups is 2. The molecule has 0 radical (unpaired) electrons. The number of aliphatic carboxylic acids is 1. The van der Waals surface area contributed by atoms with E-state index in [1.165, 1.54) is 4.90 Å². The lowest BCUT2D eigenvalue weighted by Crippen LogP contribution is -2.43. The van der Waals surface area contributed by atoms with Gasteiger partial charge in [0.2, 0.25) is 0 Å². The molecule has 1 amide bonds. The quantitative estimate of drug-likeness (QED) is 0.906. The van der Waals surface area contributed by atoms with Crippen LogP contribution in [-0.4, -0.2) is 40.3 Å². The van der Waals surface area contributed by atoms with Crippen molar-refractivity contribution in [3.05, 3.63) is 35.4 Å². The predicted octanol–water partition coefficient (Wildman–Crippen LogP) is 2.74. The van der Waals surface area contributed by atoms with Crippen molar-refractivity contribution >= 4 is 12.1 Å². The van der Waals surface area contributed by atoms with Crippen LogP contribution in [0.5, 0.6) is 0 Å². The maximum atomic E-state index is 12.3. The summed E-state index contributed by atoms with van der Waals surface area (Å²) in [5, 5.41) is 18.4. The highest BCUT2D eigenvalue weighted by Crippen LogP contribution is 2.33. The van der Waals surface area contributed by atoms with E-state index in [9.17, 15) is 14.7 Å². The number of likely N-dealkylation sites (tertiary alicyclic amines) is 1. The zero-order chi connectivity index (χ0) is 17.2. The van der Waals surface area contributed by atoms with Gasteiger partial charge in [-0.3, -0.25) is 4.90 Å². The number of hydrogen-bond acceptors (Lipinski definition) is 4. The molecule has 1 fully saturated rings. The number of ether oxygens (including phenoxy) is 1. The minimum absolute atomic E-state index is 0.128. The third-order valence-corrected chi connectivity index (χ3v) is 3.70. The van der Waals surface area contributed by atoms with E-state index in [1.807, 2.05) is 6.07 Å².